The van der Waals surface area contributed by atoms with Gasteiger partial charge in [0, 0.05) is 24.2 Å². The van der Waals surface area contributed by atoms with E-state index in [0.717, 1.165) is 23.2 Å². The Balaban J connectivity index is 0.00000128. The summed E-state index contributed by atoms with van der Waals surface area (Å²) in [5.41, 5.74) is 1.09. The van der Waals surface area contributed by atoms with Crippen molar-refractivity contribution in [3.05, 3.63) is 16.1 Å². The summed E-state index contributed by atoms with van der Waals surface area (Å²) in [6, 6.07) is 0.634. The third-order valence-electron chi connectivity index (χ3n) is 2.22. The molecule has 0 atom stereocenters. The fourth-order valence-corrected chi connectivity index (χ4v) is 1.97. The quantitative estimate of drug-likeness (QED) is 0.496. The van der Waals surface area contributed by atoms with Crippen LogP contribution < -0.4 is 10.6 Å². The van der Waals surface area contributed by atoms with Gasteiger partial charge in [-0.2, -0.15) is 0 Å². The Morgan fingerprint density at radius 3 is 2.88 bits per heavy atom. The number of aliphatic imine (C=N–C) groups is 1. The van der Waals surface area contributed by atoms with Crippen LogP contribution in [0.3, 0.4) is 0 Å². The van der Waals surface area contributed by atoms with Crippen molar-refractivity contribution >= 4 is 41.3 Å². The second-order valence-electron chi connectivity index (χ2n) is 3.73. The number of aromatic nitrogens is 1. The molecule has 6 heteroatoms. The van der Waals surface area contributed by atoms with Gasteiger partial charge >= 0.3 is 0 Å². The minimum Gasteiger partial charge on any atom is -0.354 e. The summed E-state index contributed by atoms with van der Waals surface area (Å²) in [7, 11) is 1.80. The summed E-state index contributed by atoms with van der Waals surface area (Å²) in [6.07, 6.45) is 2.52. The van der Waals surface area contributed by atoms with Crippen molar-refractivity contribution in [1.29, 1.82) is 0 Å². The average Bonchev–Trinajstić information content (AvgIpc) is 2.95. The Kier molecular flexibility index (Phi) is 5.47. The molecule has 0 aromatic carbocycles. The normalized spacial score (nSPS) is 15.5. The van der Waals surface area contributed by atoms with Crippen LogP contribution in [-0.2, 0) is 6.54 Å². The smallest absolute Gasteiger partial charge is 0.191 e. The van der Waals surface area contributed by atoms with E-state index in [2.05, 4.69) is 26.0 Å². The molecule has 4 nitrogen and oxygen atoms in total. The molecule has 1 aromatic rings. The van der Waals surface area contributed by atoms with E-state index >= 15 is 0 Å². The first kappa shape index (κ1) is 13.7. The highest BCUT2D eigenvalue weighted by Gasteiger charge is 2.22. The van der Waals surface area contributed by atoms with Gasteiger partial charge < -0.3 is 10.6 Å². The third-order valence-corrected chi connectivity index (χ3v) is 3.18. The SMILES string of the molecule is CN=C(NCc1nc(C)cs1)NC1CC1.I. The molecule has 0 bridgehead atoms. The molecule has 1 aromatic heterocycles. The fraction of sp³-hybridized carbons (Fsp3) is 0.600. The minimum absolute atomic E-state index is 0. The zero-order valence-electron chi connectivity index (χ0n) is 9.49. The topological polar surface area (TPSA) is 49.3 Å². The summed E-state index contributed by atoms with van der Waals surface area (Å²) in [4.78, 5) is 8.55. The van der Waals surface area contributed by atoms with Gasteiger partial charge in [0.2, 0.25) is 0 Å². The molecule has 16 heavy (non-hydrogen) atoms. The van der Waals surface area contributed by atoms with Gasteiger partial charge in [-0.05, 0) is 19.8 Å². The highest BCUT2D eigenvalue weighted by Crippen LogP contribution is 2.18. The molecule has 1 aliphatic carbocycles. The van der Waals surface area contributed by atoms with Gasteiger partial charge in [0.25, 0.3) is 0 Å². The van der Waals surface area contributed by atoms with Crippen molar-refractivity contribution in [3.63, 3.8) is 0 Å². The van der Waals surface area contributed by atoms with E-state index in [9.17, 15) is 0 Å². The summed E-state index contributed by atoms with van der Waals surface area (Å²) >= 11 is 1.68. The Labute approximate surface area is 117 Å². The maximum absolute atomic E-state index is 4.38. The lowest BCUT2D eigenvalue weighted by Crippen LogP contribution is -2.38. The second-order valence-corrected chi connectivity index (χ2v) is 4.67. The van der Waals surface area contributed by atoms with Crippen LogP contribution >= 0.6 is 35.3 Å². The van der Waals surface area contributed by atoms with Gasteiger partial charge in [-0.25, -0.2) is 4.98 Å². The monoisotopic (exact) mass is 352 g/mol. The van der Waals surface area contributed by atoms with Gasteiger partial charge in [-0.3, -0.25) is 4.99 Å². The largest absolute Gasteiger partial charge is 0.354 e. The van der Waals surface area contributed by atoms with Crippen LogP contribution in [0.1, 0.15) is 23.5 Å². The molecule has 0 radical (unpaired) electrons. The number of rotatable bonds is 3. The lowest BCUT2D eigenvalue weighted by Gasteiger charge is -2.09. The summed E-state index contributed by atoms with van der Waals surface area (Å²) in [6.45, 7) is 2.77. The summed E-state index contributed by atoms with van der Waals surface area (Å²) in [5, 5.41) is 9.76. The van der Waals surface area contributed by atoms with Crippen molar-refractivity contribution in [2.45, 2.75) is 32.4 Å². The lowest BCUT2D eigenvalue weighted by atomic mass is 10.5. The first-order chi connectivity index (χ1) is 7.28. The zero-order chi connectivity index (χ0) is 10.7. The minimum atomic E-state index is 0. The second kappa shape index (κ2) is 6.39. The van der Waals surface area contributed by atoms with Crippen LogP contribution in [0.2, 0.25) is 0 Å². The Morgan fingerprint density at radius 2 is 2.38 bits per heavy atom. The molecular weight excluding hydrogens is 335 g/mol. The maximum Gasteiger partial charge on any atom is 0.191 e. The van der Waals surface area contributed by atoms with Crippen molar-refractivity contribution in [1.82, 2.24) is 15.6 Å². The van der Waals surface area contributed by atoms with Crippen molar-refractivity contribution in [3.8, 4) is 0 Å². The Hall–Kier alpha value is -0.370. The molecule has 1 fully saturated rings. The summed E-state index contributed by atoms with van der Waals surface area (Å²) < 4.78 is 0. The van der Waals surface area contributed by atoms with Gasteiger partial charge in [-0.1, -0.05) is 0 Å². The standard InChI is InChI=1S/C10H16N4S.HI/c1-7-6-15-9(13-7)5-12-10(11-2)14-8-3-4-8;/h6,8H,3-5H2,1-2H3,(H2,11,12,14);1H. The molecule has 0 aliphatic heterocycles. The number of hydrogen-bond donors (Lipinski definition) is 2. The van der Waals surface area contributed by atoms with Gasteiger partial charge in [0.15, 0.2) is 5.96 Å². The number of halogens is 1. The van der Waals surface area contributed by atoms with Crippen molar-refractivity contribution < 1.29 is 0 Å². The zero-order valence-corrected chi connectivity index (χ0v) is 12.6. The highest BCUT2D eigenvalue weighted by atomic mass is 127. The van der Waals surface area contributed by atoms with Crippen molar-refractivity contribution in [2.24, 2.45) is 4.99 Å². The number of hydrogen-bond acceptors (Lipinski definition) is 3. The Bertz CT molecular complexity index is 359. The van der Waals surface area contributed by atoms with E-state index in [1.165, 1.54) is 12.8 Å². The molecule has 0 saturated heterocycles. The predicted octanol–water partition coefficient (Wildman–Crippen LogP) is 1.90. The van der Waals surface area contributed by atoms with Crippen LogP contribution in [-0.4, -0.2) is 24.0 Å². The van der Waals surface area contributed by atoms with Gasteiger partial charge in [-0.15, -0.1) is 35.3 Å². The lowest BCUT2D eigenvalue weighted by molar-refractivity contribution is 0.800. The highest BCUT2D eigenvalue weighted by molar-refractivity contribution is 14.0. The molecule has 1 saturated carbocycles. The molecule has 1 heterocycles. The van der Waals surface area contributed by atoms with E-state index in [1.807, 2.05) is 6.92 Å². The van der Waals surface area contributed by atoms with E-state index in [1.54, 1.807) is 18.4 Å². The van der Waals surface area contributed by atoms with Crippen LogP contribution in [0.5, 0.6) is 0 Å². The van der Waals surface area contributed by atoms with E-state index < -0.39 is 0 Å². The van der Waals surface area contributed by atoms with Crippen LogP contribution in [0.15, 0.2) is 10.4 Å². The molecule has 0 unspecified atom stereocenters. The molecule has 90 valence electrons. The van der Waals surface area contributed by atoms with Gasteiger partial charge in [0.05, 0.1) is 6.54 Å². The maximum atomic E-state index is 4.38. The molecule has 1 aliphatic rings. The molecule has 0 amide bonds. The van der Waals surface area contributed by atoms with Gasteiger partial charge in [0.1, 0.15) is 5.01 Å². The third kappa shape index (κ3) is 4.25. The van der Waals surface area contributed by atoms with Crippen LogP contribution in [0, 0.1) is 6.92 Å². The van der Waals surface area contributed by atoms with E-state index in [-0.39, 0.29) is 24.0 Å². The molecule has 2 rings (SSSR count). The molecule has 0 spiro atoms. The predicted molar refractivity (Wildman–Crippen MR) is 78.6 cm³/mol. The average molecular weight is 352 g/mol. The van der Waals surface area contributed by atoms with Crippen LogP contribution in [0.4, 0.5) is 0 Å². The first-order valence-corrected chi connectivity index (χ1v) is 6.04. The van der Waals surface area contributed by atoms with E-state index in [0.29, 0.717) is 6.04 Å². The Morgan fingerprint density at radius 1 is 1.62 bits per heavy atom. The van der Waals surface area contributed by atoms with Crippen molar-refractivity contribution in [2.75, 3.05) is 7.05 Å². The first-order valence-electron chi connectivity index (χ1n) is 5.16. The molecular formula is C10H17IN4S. The van der Waals surface area contributed by atoms with E-state index in [4.69, 9.17) is 0 Å². The fourth-order valence-electron chi connectivity index (χ4n) is 1.26. The van der Waals surface area contributed by atoms with Crippen LogP contribution in [0.25, 0.3) is 0 Å². The number of aryl methyl sites for hydroxylation is 1. The number of nitrogens with one attached hydrogen (secondary N) is 2. The number of nitrogens with zero attached hydrogens (tertiary/aromatic N) is 2. The summed E-state index contributed by atoms with van der Waals surface area (Å²) in [5.74, 6) is 0.880. The number of thiazole rings is 1. The molecule has 2 N–H and O–H groups in total. The number of guanidine groups is 1.